The van der Waals surface area contributed by atoms with E-state index >= 15 is 0 Å². The molecule has 2 rings (SSSR count). The molecule has 0 saturated heterocycles. The molecule has 1 aromatic carbocycles. The second-order valence-electron chi connectivity index (χ2n) is 4.42. The first-order valence-electron chi connectivity index (χ1n) is 6.21. The maximum Gasteiger partial charge on any atom is 0.252 e. The summed E-state index contributed by atoms with van der Waals surface area (Å²) in [6.45, 7) is 2.59. The molecule has 0 saturated carbocycles. The number of benzene rings is 1. The monoisotopic (exact) mass is 308 g/mol. The maximum atomic E-state index is 12.0. The van der Waals surface area contributed by atoms with Crippen LogP contribution in [0.5, 0.6) is 0 Å². The van der Waals surface area contributed by atoms with E-state index in [9.17, 15) is 4.79 Å². The molecule has 1 aromatic heterocycles. The Morgan fingerprint density at radius 3 is 2.80 bits per heavy atom. The van der Waals surface area contributed by atoms with Crippen molar-refractivity contribution in [3.05, 3.63) is 63.4 Å². The van der Waals surface area contributed by atoms with Crippen LogP contribution in [0.25, 0.3) is 0 Å². The summed E-state index contributed by atoms with van der Waals surface area (Å²) < 4.78 is 0. The van der Waals surface area contributed by atoms with E-state index in [0.29, 0.717) is 17.1 Å². The Morgan fingerprint density at radius 2 is 2.05 bits per heavy atom. The molecule has 104 valence electrons. The molecule has 0 radical (unpaired) electrons. The molecule has 20 heavy (non-hydrogen) atoms. The van der Waals surface area contributed by atoms with Crippen molar-refractivity contribution in [2.75, 3.05) is 6.54 Å². The van der Waals surface area contributed by atoms with Gasteiger partial charge >= 0.3 is 0 Å². The number of carbonyl (C=O) groups is 1. The third-order valence-electron chi connectivity index (χ3n) is 3.01. The molecule has 0 aliphatic carbocycles. The van der Waals surface area contributed by atoms with E-state index in [0.717, 1.165) is 6.42 Å². The van der Waals surface area contributed by atoms with Crippen molar-refractivity contribution in [1.29, 1.82) is 0 Å². The van der Waals surface area contributed by atoms with Gasteiger partial charge in [0, 0.05) is 12.7 Å². The van der Waals surface area contributed by atoms with Crippen LogP contribution < -0.4 is 5.32 Å². The van der Waals surface area contributed by atoms with Crippen molar-refractivity contribution < 1.29 is 4.79 Å². The van der Waals surface area contributed by atoms with Gasteiger partial charge in [0.2, 0.25) is 0 Å². The summed E-state index contributed by atoms with van der Waals surface area (Å²) >= 11 is 11.7. The Bertz CT molecular complexity index is 629. The zero-order chi connectivity index (χ0) is 14.5. The van der Waals surface area contributed by atoms with E-state index in [1.54, 1.807) is 0 Å². The number of aryl methyl sites for hydroxylation is 1. The van der Waals surface area contributed by atoms with E-state index in [4.69, 9.17) is 23.2 Å². The maximum absolute atomic E-state index is 12.0. The van der Waals surface area contributed by atoms with Gasteiger partial charge in [0.1, 0.15) is 5.15 Å². The second kappa shape index (κ2) is 6.73. The highest BCUT2D eigenvalue weighted by Gasteiger charge is 2.11. The van der Waals surface area contributed by atoms with Crippen molar-refractivity contribution in [3.63, 3.8) is 0 Å². The second-order valence-corrected chi connectivity index (χ2v) is 5.21. The molecule has 1 N–H and O–H groups in total. The molecule has 0 spiro atoms. The molecule has 0 aliphatic heterocycles. The Balaban J connectivity index is 1.96. The van der Waals surface area contributed by atoms with Gasteiger partial charge < -0.3 is 5.32 Å². The summed E-state index contributed by atoms with van der Waals surface area (Å²) in [7, 11) is 0. The first kappa shape index (κ1) is 14.8. The first-order valence-corrected chi connectivity index (χ1v) is 6.97. The highest BCUT2D eigenvalue weighted by atomic mass is 35.5. The average Bonchev–Trinajstić information content (AvgIpc) is 2.43. The van der Waals surface area contributed by atoms with Gasteiger partial charge in [-0.05, 0) is 30.5 Å². The van der Waals surface area contributed by atoms with E-state index in [1.807, 2.05) is 12.1 Å². The van der Waals surface area contributed by atoms with Crippen LogP contribution >= 0.6 is 23.2 Å². The van der Waals surface area contributed by atoms with Gasteiger partial charge in [-0.2, -0.15) is 0 Å². The zero-order valence-corrected chi connectivity index (χ0v) is 12.5. The lowest BCUT2D eigenvalue weighted by Crippen LogP contribution is -2.26. The van der Waals surface area contributed by atoms with Gasteiger partial charge in [-0.1, -0.05) is 47.5 Å². The predicted octanol–water partition coefficient (Wildman–Crippen LogP) is 3.67. The van der Waals surface area contributed by atoms with Crippen LogP contribution in [0.15, 0.2) is 36.5 Å². The number of halogens is 2. The number of rotatable bonds is 4. The van der Waals surface area contributed by atoms with E-state index < -0.39 is 0 Å². The molecular formula is C15H14Cl2N2O. The van der Waals surface area contributed by atoms with Crippen LogP contribution in [0, 0.1) is 6.92 Å². The fourth-order valence-corrected chi connectivity index (χ4v) is 2.23. The third-order valence-corrected chi connectivity index (χ3v) is 3.52. The first-order chi connectivity index (χ1) is 9.58. The minimum Gasteiger partial charge on any atom is -0.352 e. The summed E-state index contributed by atoms with van der Waals surface area (Å²) in [6, 6.07) is 9.56. The van der Waals surface area contributed by atoms with Gasteiger partial charge in [0.25, 0.3) is 5.91 Å². The van der Waals surface area contributed by atoms with E-state index in [1.165, 1.54) is 23.4 Å². The lowest BCUT2D eigenvalue weighted by Gasteiger charge is -2.08. The molecule has 0 aliphatic rings. The van der Waals surface area contributed by atoms with Crippen LogP contribution in [-0.2, 0) is 6.42 Å². The molecule has 0 bridgehead atoms. The van der Waals surface area contributed by atoms with Crippen LogP contribution in [0.1, 0.15) is 21.5 Å². The smallest absolute Gasteiger partial charge is 0.252 e. The normalized spacial score (nSPS) is 10.3. The van der Waals surface area contributed by atoms with Crippen molar-refractivity contribution in [2.45, 2.75) is 13.3 Å². The zero-order valence-electron chi connectivity index (χ0n) is 11.0. The number of nitrogens with zero attached hydrogens (tertiary/aromatic N) is 1. The number of aromatic nitrogens is 1. The van der Waals surface area contributed by atoms with Gasteiger partial charge in [0.05, 0.1) is 10.6 Å². The molecule has 0 unspecified atom stereocenters. The SMILES string of the molecule is Cc1ccccc1CCNC(=O)c1cc(Cl)ncc1Cl. The summed E-state index contributed by atoms with van der Waals surface area (Å²) in [5.74, 6) is -0.243. The molecule has 0 atom stereocenters. The molecule has 2 aromatic rings. The topological polar surface area (TPSA) is 42.0 Å². The lowest BCUT2D eigenvalue weighted by atomic mass is 10.1. The lowest BCUT2D eigenvalue weighted by molar-refractivity contribution is 0.0954. The molecular weight excluding hydrogens is 295 g/mol. The highest BCUT2D eigenvalue weighted by molar-refractivity contribution is 6.35. The van der Waals surface area contributed by atoms with Crippen LogP contribution in [0.2, 0.25) is 10.2 Å². The summed E-state index contributed by atoms with van der Waals surface area (Å²) in [5, 5.41) is 3.38. The van der Waals surface area contributed by atoms with Gasteiger partial charge in [-0.15, -0.1) is 0 Å². The number of hydrogen-bond donors (Lipinski definition) is 1. The molecule has 1 amide bonds. The largest absolute Gasteiger partial charge is 0.352 e. The number of carbonyl (C=O) groups excluding carboxylic acids is 1. The van der Waals surface area contributed by atoms with Crippen LogP contribution in [-0.4, -0.2) is 17.4 Å². The molecule has 5 heteroatoms. The Hall–Kier alpha value is -1.58. The van der Waals surface area contributed by atoms with Crippen molar-refractivity contribution in [2.24, 2.45) is 0 Å². The number of hydrogen-bond acceptors (Lipinski definition) is 2. The quantitative estimate of drug-likeness (QED) is 0.876. The summed E-state index contributed by atoms with van der Waals surface area (Å²) in [6.07, 6.45) is 2.15. The summed E-state index contributed by atoms with van der Waals surface area (Å²) in [5.41, 5.74) is 2.77. The van der Waals surface area contributed by atoms with E-state index in [2.05, 4.69) is 29.4 Å². The third kappa shape index (κ3) is 3.71. The minimum absolute atomic E-state index is 0.243. The van der Waals surface area contributed by atoms with Crippen LogP contribution in [0.4, 0.5) is 0 Å². The van der Waals surface area contributed by atoms with Gasteiger partial charge in [-0.25, -0.2) is 4.98 Å². The Labute approximate surface area is 127 Å². The minimum atomic E-state index is -0.243. The number of pyridine rings is 1. The van der Waals surface area contributed by atoms with Crippen molar-refractivity contribution >= 4 is 29.1 Å². The van der Waals surface area contributed by atoms with Crippen molar-refractivity contribution in [1.82, 2.24) is 10.3 Å². The van der Waals surface area contributed by atoms with Crippen molar-refractivity contribution in [3.8, 4) is 0 Å². The number of amides is 1. The number of nitrogens with one attached hydrogen (secondary N) is 1. The molecule has 3 nitrogen and oxygen atoms in total. The van der Waals surface area contributed by atoms with E-state index in [-0.39, 0.29) is 11.1 Å². The standard InChI is InChI=1S/C15H14Cl2N2O/c1-10-4-2-3-5-11(10)6-7-18-15(20)12-8-14(17)19-9-13(12)16/h2-5,8-9H,6-7H2,1H3,(H,18,20). The Morgan fingerprint density at radius 1 is 1.30 bits per heavy atom. The Kier molecular flexibility index (Phi) is 4.99. The van der Waals surface area contributed by atoms with Crippen LogP contribution in [0.3, 0.4) is 0 Å². The predicted molar refractivity (Wildman–Crippen MR) is 81.5 cm³/mol. The fraction of sp³-hybridized carbons (Fsp3) is 0.200. The average molecular weight is 309 g/mol. The van der Waals surface area contributed by atoms with Gasteiger partial charge in [-0.3, -0.25) is 4.79 Å². The molecule has 1 heterocycles. The van der Waals surface area contributed by atoms with Gasteiger partial charge in [0.15, 0.2) is 0 Å². The fourth-order valence-electron chi connectivity index (χ4n) is 1.88. The highest BCUT2D eigenvalue weighted by Crippen LogP contribution is 2.17. The molecule has 0 fully saturated rings. The summed E-state index contributed by atoms with van der Waals surface area (Å²) in [4.78, 5) is 15.8.